The third-order valence-corrected chi connectivity index (χ3v) is 3.19. The van der Waals surface area contributed by atoms with E-state index in [1.807, 2.05) is 24.3 Å². The number of carbonyl (C=O) groups is 1. The highest BCUT2D eigenvalue weighted by Crippen LogP contribution is 2.27. The van der Waals surface area contributed by atoms with Gasteiger partial charge in [-0.2, -0.15) is 0 Å². The fourth-order valence-electron chi connectivity index (χ4n) is 1.97. The number of hydrogen-bond acceptors (Lipinski definition) is 4. The first kappa shape index (κ1) is 13.4. The summed E-state index contributed by atoms with van der Waals surface area (Å²) >= 11 is 0. The molecule has 100 valence electrons. The second kappa shape index (κ2) is 4.90. The lowest BCUT2D eigenvalue weighted by Crippen LogP contribution is -2.33. The number of carbonyl (C=O) groups excluding carboxylic acids is 1. The average molecular weight is 260 g/mol. The van der Waals surface area contributed by atoms with Gasteiger partial charge in [0.05, 0.1) is 14.2 Å². The molecule has 19 heavy (non-hydrogen) atoms. The summed E-state index contributed by atoms with van der Waals surface area (Å²) < 4.78 is 9.76. The third-order valence-electron chi connectivity index (χ3n) is 3.19. The smallest absolute Gasteiger partial charge is 0.342 e. The third kappa shape index (κ3) is 2.39. The molecule has 0 radical (unpaired) electrons. The average Bonchev–Trinajstić information content (AvgIpc) is 2.44. The number of fused-ring (bicyclic) bond motifs is 1. The van der Waals surface area contributed by atoms with Gasteiger partial charge in [0.15, 0.2) is 5.60 Å². The summed E-state index contributed by atoms with van der Waals surface area (Å²) in [6.45, 7) is 1.42. The number of rotatable bonds is 3. The minimum atomic E-state index is -1.65. The van der Waals surface area contributed by atoms with Crippen LogP contribution in [0.2, 0.25) is 0 Å². The quantitative estimate of drug-likeness (QED) is 0.860. The van der Waals surface area contributed by atoms with E-state index in [0.29, 0.717) is 5.56 Å². The minimum absolute atomic E-state index is 0.497. The topological polar surface area (TPSA) is 55.8 Å². The summed E-state index contributed by atoms with van der Waals surface area (Å²) in [6, 6.07) is 10.9. The molecule has 0 aliphatic heterocycles. The van der Waals surface area contributed by atoms with E-state index in [1.54, 1.807) is 19.2 Å². The first-order chi connectivity index (χ1) is 8.98. The van der Waals surface area contributed by atoms with Crippen LogP contribution in [0, 0.1) is 0 Å². The normalized spacial score (nSPS) is 13.9. The highest BCUT2D eigenvalue weighted by molar-refractivity contribution is 5.87. The van der Waals surface area contributed by atoms with E-state index in [9.17, 15) is 9.90 Å². The van der Waals surface area contributed by atoms with Crippen molar-refractivity contribution in [3.63, 3.8) is 0 Å². The molecule has 0 saturated carbocycles. The van der Waals surface area contributed by atoms with Crippen LogP contribution in [0.25, 0.3) is 10.8 Å². The Bertz CT molecular complexity index is 617. The van der Waals surface area contributed by atoms with Crippen LogP contribution in [0.3, 0.4) is 0 Å². The molecule has 4 heteroatoms. The number of esters is 1. The Morgan fingerprint density at radius 2 is 1.74 bits per heavy atom. The first-order valence-corrected chi connectivity index (χ1v) is 5.88. The Morgan fingerprint density at radius 1 is 1.11 bits per heavy atom. The molecule has 2 rings (SSSR count). The molecule has 0 amide bonds. The Morgan fingerprint density at radius 3 is 2.37 bits per heavy atom. The van der Waals surface area contributed by atoms with Gasteiger partial charge in [0.2, 0.25) is 0 Å². The van der Waals surface area contributed by atoms with E-state index in [2.05, 4.69) is 4.74 Å². The van der Waals surface area contributed by atoms with Crippen molar-refractivity contribution in [3.05, 3.63) is 42.0 Å². The van der Waals surface area contributed by atoms with Crippen molar-refractivity contribution >= 4 is 16.7 Å². The van der Waals surface area contributed by atoms with Crippen LogP contribution in [0.1, 0.15) is 12.5 Å². The zero-order valence-electron chi connectivity index (χ0n) is 11.1. The summed E-state index contributed by atoms with van der Waals surface area (Å²) in [7, 11) is 2.86. The molecule has 0 unspecified atom stereocenters. The number of methoxy groups -OCH3 is 2. The van der Waals surface area contributed by atoms with Crippen molar-refractivity contribution in [2.45, 2.75) is 12.5 Å². The van der Waals surface area contributed by atoms with Crippen molar-refractivity contribution in [3.8, 4) is 5.75 Å². The molecule has 1 atom stereocenters. The van der Waals surface area contributed by atoms with Gasteiger partial charge in [-0.3, -0.25) is 0 Å². The molecule has 2 aromatic carbocycles. The van der Waals surface area contributed by atoms with Crippen molar-refractivity contribution in [2.24, 2.45) is 0 Å². The highest BCUT2D eigenvalue weighted by atomic mass is 16.5. The molecule has 4 nitrogen and oxygen atoms in total. The van der Waals surface area contributed by atoms with Gasteiger partial charge in [-0.05, 0) is 41.5 Å². The summed E-state index contributed by atoms with van der Waals surface area (Å²) in [6.07, 6.45) is 0. The second-order valence-corrected chi connectivity index (χ2v) is 4.49. The van der Waals surface area contributed by atoms with Gasteiger partial charge in [-0.25, -0.2) is 4.79 Å². The molecular weight excluding hydrogens is 244 g/mol. The summed E-state index contributed by atoms with van der Waals surface area (Å²) in [4.78, 5) is 11.6. The van der Waals surface area contributed by atoms with Crippen molar-refractivity contribution < 1.29 is 19.4 Å². The van der Waals surface area contributed by atoms with E-state index in [0.717, 1.165) is 16.5 Å². The van der Waals surface area contributed by atoms with Gasteiger partial charge in [0, 0.05) is 0 Å². The number of aliphatic hydroxyl groups is 1. The van der Waals surface area contributed by atoms with Crippen LogP contribution < -0.4 is 4.74 Å². The Balaban J connectivity index is 2.50. The molecule has 0 aliphatic carbocycles. The second-order valence-electron chi connectivity index (χ2n) is 4.49. The molecule has 0 bridgehead atoms. The maximum atomic E-state index is 11.6. The van der Waals surface area contributed by atoms with Crippen molar-refractivity contribution in [2.75, 3.05) is 14.2 Å². The van der Waals surface area contributed by atoms with E-state index >= 15 is 0 Å². The zero-order valence-corrected chi connectivity index (χ0v) is 11.1. The maximum absolute atomic E-state index is 11.6. The number of ether oxygens (including phenoxy) is 2. The Hall–Kier alpha value is -2.07. The number of hydrogen-bond donors (Lipinski definition) is 1. The largest absolute Gasteiger partial charge is 0.497 e. The van der Waals surface area contributed by atoms with Gasteiger partial charge < -0.3 is 14.6 Å². The van der Waals surface area contributed by atoms with Crippen molar-refractivity contribution in [1.29, 1.82) is 0 Å². The van der Waals surface area contributed by atoms with Crippen LogP contribution in [0.4, 0.5) is 0 Å². The molecule has 0 aromatic heterocycles. The highest BCUT2D eigenvalue weighted by Gasteiger charge is 2.33. The molecule has 0 aliphatic rings. The van der Waals surface area contributed by atoms with E-state index in [1.165, 1.54) is 14.0 Å². The van der Waals surface area contributed by atoms with Crippen LogP contribution >= 0.6 is 0 Å². The predicted octanol–water partition coefficient (Wildman–Crippen LogP) is 2.23. The van der Waals surface area contributed by atoms with Crippen LogP contribution in [-0.2, 0) is 15.1 Å². The monoisotopic (exact) mass is 260 g/mol. The lowest BCUT2D eigenvalue weighted by Gasteiger charge is -2.21. The van der Waals surface area contributed by atoms with Crippen molar-refractivity contribution in [1.82, 2.24) is 0 Å². The van der Waals surface area contributed by atoms with Crippen LogP contribution in [-0.4, -0.2) is 25.3 Å². The molecule has 0 spiro atoms. The zero-order chi connectivity index (χ0) is 14.0. The van der Waals surface area contributed by atoms with Gasteiger partial charge in [-0.15, -0.1) is 0 Å². The van der Waals surface area contributed by atoms with E-state index < -0.39 is 11.6 Å². The number of benzene rings is 2. The standard InChI is InChI=1S/C15H16O4/c1-15(17,14(16)19-3)12-6-4-11-9-13(18-2)7-5-10(11)8-12/h4-9,17H,1-3H3/t15-/m1/s1. The molecular formula is C15H16O4. The summed E-state index contributed by atoms with van der Waals surface area (Å²) in [5.41, 5.74) is -1.15. The SMILES string of the molecule is COC(=O)[C@](C)(O)c1ccc2cc(OC)ccc2c1. The predicted molar refractivity (Wildman–Crippen MR) is 72.1 cm³/mol. The molecule has 0 fully saturated rings. The lowest BCUT2D eigenvalue weighted by atomic mass is 9.94. The Labute approximate surface area is 111 Å². The van der Waals surface area contributed by atoms with E-state index in [4.69, 9.17) is 4.74 Å². The van der Waals surface area contributed by atoms with Crippen LogP contribution in [0.5, 0.6) is 5.75 Å². The molecule has 0 heterocycles. The van der Waals surface area contributed by atoms with Gasteiger partial charge in [0.1, 0.15) is 5.75 Å². The molecule has 0 saturated heterocycles. The summed E-state index contributed by atoms with van der Waals surface area (Å²) in [5.74, 6) is 0.0836. The minimum Gasteiger partial charge on any atom is -0.497 e. The first-order valence-electron chi connectivity index (χ1n) is 5.88. The van der Waals surface area contributed by atoms with Gasteiger partial charge in [0.25, 0.3) is 0 Å². The van der Waals surface area contributed by atoms with Crippen LogP contribution in [0.15, 0.2) is 36.4 Å². The fourth-order valence-corrected chi connectivity index (χ4v) is 1.97. The fraction of sp³-hybridized carbons (Fsp3) is 0.267. The maximum Gasteiger partial charge on any atom is 0.342 e. The summed E-state index contributed by atoms with van der Waals surface area (Å²) in [5, 5.41) is 12.1. The Kier molecular flexibility index (Phi) is 3.44. The molecule has 2 aromatic rings. The van der Waals surface area contributed by atoms with Gasteiger partial charge >= 0.3 is 5.97 Å². The van der Waals surface area contributed by atoms with E-state index in [-0.39, 0.29) is 0 Å². The van der Waals surface area contributed by atoms with Gasteiger partial charge in [-0.1, -0.05) is 18.2 Å². The molecule has 1 N–H and O–H groups in total. The lowest BCUT2D eigenvalue weighted by molar-refractivity contribution is -0.161.